The Labute approximate surface area is 139 Å². The number of thiazole rings is 1. The number of carbonyl (C=O) groups excluding carboxylic acids is 1. The third-order valence-corrected chi connectivity index (χ3v) is 5.15. The lowest BCUT2D eigenvalue weighted by atomic mass is 9.89. The highest BCUT2D eigenvalue weighted by Gasteiger charge is 2.21. The minimum absolute atomic E-state index is 0.0733. The van der Waals surface area contributed by atoms with Gasteiger partial charge in [-0.1, -0.05) is 24.4 Å². The number of amides is 1. The first-order valence-corrected chi connectivity index (χ1v) is 8.95. The zero-order chi connectivity index (χ0) is 16.2. The van der Waals surface area contributed by atoms with Crippen molar-refractivity contribution in [1.29, 1.82) is 0 Å². The van der Waals surface area contributed by atoms with E-state index in [-0.39, 0.29) is 12.5 Å². The Morgan fingerprint density at radius 2 is 2.04 bits per heavy atom. The molecule has 1 aliphatic rings. The maximum absolute atomic E-state index is 12.0. The summed E-state index contributed by atoms with van der Waals surface area (Å²) in [6.45, 7) is 4.22. The average Bonchev–Trinajstić information content (AvgIpc) is 3.13. The topological polar surface area (TPSA) is 80.9 Å². The Bertz CT molecular complexity index is 673. The van der Waals surface area contributed by atoms with Crippen LogP contribution in [0.4, 0.5) is 0 Å². The Morgan fingerprint density at radius 1 is 1.26 bits per heavy atom. The molecule has 1 aliphatic carbocycles. The van der Waals surface area contributed by atoms with Crippen molar-refractivity contribution in [3.8, 4) is 0 Å². The second kappa shape index (κ2) is 7.21. The van der Waals surface area contributed by atoms with Crippen LogP contribution >= 0.6 is 11.3 Å². The molecule has 2 heterocycles. The van der Waals surface area contributed by atoms with Crippen molar-refractivity contribution in [3.05, 3.63) is 27.3 Å². The molecule has 1 saturated carbocycles. The van der Waals surface area contributed by atoms with E-state index in [2.05, 4.69) is 20.4 Å². The monoisotopic (exact) mass is 334 g/mol. The van der Waals surface area contributed by atoms with Crippen LogP contribution in [0.1, 0.15) is 65.3 Å². The number of aryl methyl sites for hydroxylation is 2. The number of hydrogen-bond donors (Lipinski definition) is 1. The summed E-state index contributed by atoms with van der Waals surface area (Å²) in [7, 11) is 0. The summed E-state index contributed by atoms with van der Waals surface area (Å²) < 4.78 is 5.26. The van der Waals surface area contributed by atoms with Crippen LogP contribution in [-0.2, 0) is 17.8 Å². The van der Waals surface area contributed by atoms with E-state index in [1.807, 2.05) is 13.8 Å². The van der Waals surface area contributed by atoms with E-state index < -0.39 is 0 Å². The molecule has 0 unspecified atom stereocenters. The first-order chi connectivity index (χ1) is 11.1. The Hall–Kier alpha value is -1.76. The van der Waals surface area contributed by atoms with Gasteiger partial charge in [0.2, 0.25) is 11.8 Å². The third-order valence-electron chi connectivity index (χ3n) is 4.22. The lowest BCUT2D eigenvalue weighted by Crippen LogP contribution is -2.25. The van der Waals surface area contributed by atoms with Gasteiger partial charge in [0.25, 0.3) is 0 Å². The maximum atomic E-state index is 12.0. The molecule has 3 rings (SSSR count). The van der Waals surface area contributed by atoms with Crippen molar-refractivity contribution in [1.82, 2.24) is 20.4 Å². The molecule has 0 aromatic carbocycles. The highest BCUT2D eigenvalue weighted by Crippen LogP contribution is 2.30. The highest BCUT2D eigenvalue weighted by atomic mass is 32.1. The average molecular weight is 334 g/mol. The van der Waals surface area contributed by atoms with Gasteiger partial charge in [0.05, 0.1) is 23.7 Å². The van der Waals surface area contributed by atoms with Gasteiger partial charge in [0.1, 0.15) is 0 Å². The molecule has 2 aromatic heterocycles. The van der Waals surface area contributed by atoms with Gasteiger partial charge in [-0.3, -0.25) is 4.79 Å². The lowest BCUT2D eigenvalue weighted by Gasteiger charge is -2.17. The van der Waals surface area contributed by atoms with Gasteiger partial charge in [-0.25, -0.2) is 4.98 Å². The number of aromatic nitrogens is 3. The quantitative estimate of drug-likeness (QED) is 0.909. The first-order valence-electron chi connectivity index (χ1n) is 8.14. The molecule has 0 spiro atoms. The number of nitrogens with one attached hydrogen (secondary N) is 1. The van der Waals surface area contributed by atoms with Crippen molar-refractivity contribution < 1.29 is 9.32 Å². The summed E-state index contributed by atoms with van der Waals surface area (Å²) in [4.78, 5) is 21.9. The fraction of sp³-hybridized carbons (Fsp3) is 0.625. The molecule has 23 heavy (non-hydrogen) atoms. The zero-order valence-electron chi connectivity index (χ0n) is 13.6. The summed E-state index contributed by atoms with van der Waals surface area (Å²) in [5.74, 6) is 1.61. The predicted molar refractivity (Wildman–Crippen MR) is 87.3 cm³/mol. The van der Waals surface area contributed by atoms with E-state index in [1.54, 1.807) is 11.3 Å². The molecule has 1 N–H and O–H groups in total. The molecular weight excluding hydrogens is 312 g/mol. The summed E-state index contributed by atoms with van der Waals surface area (Å²) in [5.41, 5.74) is 0.846. The molecule has 1 fully saturated rings. The van der Waals surface area contributed by atoms with E-state index in [0.29, 0.717) is 18.2 Å². The van der Waals surface area contributed by atoms with Crippen molar-refractivity contribution >= 4 is 17.2 Å². The normalized spacial score (nSPS) is 15.7. The van der Waals surface area contributed by atoms with E-state index in [4.69, 9.17) is 4.52 Å². The highest BCUT2D eigenvalue weighted by molar-refractivity contribution is 7.11. The molecule has 0 radical (unpaired) electrons. The van der Waals surface area contributed by atoms with Crippen LogP contribution in [0.5, 0.6) is 0 Å². The van der Waals surface area contributed by atoms with Crippen LogP contribution < -0.4 is 5.32 Å². The van der Waals surface area contributed by atoms with Crippen molar-refractivity contribution in [2.24, 2.45) is 0 Å². The molecular formula is C16H22N4O2S. The minimum Gasteiger partial charge on any atom is -0.347 e. The van der Waals surface area contributed by atoms with Crippen LogP contribution in [0.15, 0.2) is 4.52 Å². The van der Waals surface area contributed by atoms with Gasteiger partial charge >= 0.3 is 0 Å². The Kier molecular flexibility index (Phi) is 5.05. The summed E-state index contributed by atoms with van der Waals surface area (Å²) in [6.07, 6.45) is 6.32. The molecule has 0 aliphatic heterocycles. The molecule has 7 heteroatoms. The molecule has 0 bridgehead atoms. The maximum Gasteiger partial charge on any atom is 0.246 e. The fourth-order valence-electron chi connectivity index (χ4n) is 2.99. The SMILES string of the molecule is Cc1nc(CC(=O)NCc2nc(C3CCCCC3)no2)c(C)s1. The van der Waals surface area contributed by atoms with E-state index >= 15 is 0 Å². The Morgan fingerprint density at radius 3 is 2.74 bits per heavy atom. The fourth-order valence-corrected chi connectivity index (χ4v) is 3.83. The number of carbonyl (C=O) groups is 1. The minimum atomic E-state index is -0.0733. The molecule has 0 atom stereocenters. The number of rotatable bonds is 5. The molecule has 6 nitrogen and oxygen atoms in total. The second-order valence-electron chi connectivity index (χ2n) is 6.07. The van der Waals surface area contributed by atoms with Gasteiger partial charge in [-0.05, 0) is 26.7 Å². The lowest BCUT2D eigenvalue weighted by molar-refractivity contribution is -0.120. The van der Waals surface area contributed by atoms with Gasteiger partial charge in [-0.15, -0.1) is 11.3 Å². The van der Waals surface area contributed by atoms with Crippen LogP contribution in [0.25, 0.3) is 0 Å². The van der Waals surface area contributed by atoms with Crippen molar-refractivity contribution in [3.63, 3.8) is 0 Å². The van der Waals surface area contributed by atoms with Crippen LogP contribution in [0, 0.1) is 13.8 Å². The number of hydrogen-bond acceptors (Lipinski definition) is 6. The van der Waals surface area contributed by atoms with E-state index in [9.17, 15) is 4.79 Å². The van der Waals surface area contributed by atoms with Gasteiger partial charge in [0.15, 0.2) is 5.82 Å². The zero-order valence-corrected chi connectivity index (χ0v) is 14.4. The third kappa shape index (κ3) is 4.16. The predicted octanol–water partition coefficient (Wildman–Crippen LogP) is 3.05. The number of nitrogens with zero attached hydrogens (tertiary/aromatic N) is 3. The van der Waals surface area contributed by atoms with Gasteiger partial charge in [0, 0.05) is 10.8 Å². The largest absolute Gasteiger partial charge is 0.347 e. The molecule has 0 saturated heterocycles. The van der Waals surface area contributed by atoms with Crippen LogP contribution in [-0.4, -0.2) is 21.0 Å². The van der Waals surface area contributed by atoms with Crippen LogP contribution in [0.3, 0.4) is 0 Å². The smallest absolute Gasteiger partial charge is 0.246 e. The summed E-state index contributed by atoms with van der Waals surface area (Å²) >= 11 is 1.61. The molecule has 2 aromatic rings. The summed E-state index contributed by atoms with van der Waals surface area (Å²) in [6, 6.07) is 0. The van der Waals surface area contributed by atoms with Crippen molar-refractivity contribution in [2.75, 3.05) is 0 Å². The van der Waals surface area contributed by atoms with Crippen molar-refractivity contribution in [2.45, 2.75) is 64.8 Å². The summed E-state index contributed by atoms with van der Waals surface area (Å²) in [5, 5.41) is 7.89. The molecule has 124 valence electrons. The standard InChI is InChI=1S/C16H22N4O2S/c1-10-13(18-11(2)23-10)8-14(21)17-9-15-19-16(20-22-15)12-6-4-3-5-7-12/h12H,3-9H2,1-2H3,(H,17,21). The van der Waals surface area contributed by atoms with E-state index in [0.717, 1.165) is 34.2 Å². The van der Waals surface area contributed by atoms with Crippen LogP contribution in [0.2, 0.25) is 0 Å². The molecule has 1 amide bonds. The first kappa shape index (κ1) is 16.1. The Balaban J connectivity index is 1.51. The second-order valence-corrected chi connectivity index (χ2v) is 7.48. The van der Waals surface area contributed by atoms with Gasteiger partial charge in [-0.2, -0.15) is 4.98 Å². The van der Waals surface area contributed by atoms with Gasteiger partial charge < -0.3 is 9.84 Å². The van der Waals surface area contributed by atoms with E-state index in [1.165, 1.54) is 19.3 Å².